The molecule has 0 bridgehead atoms. The van der Waals surface area contributed by atoms with Crippen molar-refractivity contribution in [3.05, 3.63) is 47.9 Å². The number of aryl methyl sites for hydroxylation is 1. The number of hydrogen-bond acceptors (Lipinski definition) is 4. The lowest BCUT2D eigenvalue weighted by Crippen LogP contribution is -2.05. The molecule has 1 N–H and O–H groups in total. The van der Waals surface area contributed by atoms with E-state index in [2.05, 4.69) is 28.3 Å². The van der Waals surface area contributed by atoms with Gasteiger partial charge in [0.1, 0.15) is 0 Å². The van der Waals surface area contributed by atoms with Crippen molar-refractivity contribution >= 4 is 5.69 Å². The fourth-order valence-corrected chi connectivity index (χ4v) is 1.77. The van der Waals surface area contributed by atoms with Crippen molar-refractivity contribution in [1.29, 1.82) is 0 Å². The van der Waals surface area contributed by atoms with Crippen LogP contribution in [0.15, 0.2) is 36.7 Å². The van der Waals surface area contributed by atoms with E-state index in [1.807, 2.05) is 24.4 Å². The molecule has 0 unspecified atom stereocenters. The molecule has 0 amide bonds. The van der Waals surface area contributed by atoms with Gasteiger partial charge in [0.15, 0.2) is 0 Å². The lowest BCUT2D eigenvalue weighted by molar-refractivity contribution is 0.398. The Hall–Kier alpha value is -2.10. The van der Waals surface area contributed by atoms with Gasteiger partial charge in [-0.3, -0.25) is 4.98 Å². The van der Waals surface area contributed by atoms with Gasteiger partial charge in [0.2, 0.25) is 5.88 Å². The molecular formula is C14H17N3O. The zero-order chi connectivity index (χ0) is 12.8. The number of aromatic nitrogens is 2. The molecule has 0 aliphatic rings. The summed E-state index contributed by atoms with van der Waals surface area (Å²) in [6, 6.07) is 7.86. The zero-order valence-corrected chi connectivity index (χ0v) is 10.7. The minimum Gasteiger partial charge on any atom is -0.481 e. The number of rotatable bonds is 5. The fourth-order valence-electron chi connectivity index (χ4n) is 1.77. The van der Waals surface area contributed by atoms with Crippen molar-refractivity contribution in [2.45, 2.75) is 19.9 Å². The van der Waals surface area contributed by atoms with E-state index in [1.54, 1.807) is 13.3 Å². The molecule has 0 spiro atoms. The maximum Gasteiger partial charge on any atom is 0.214 e. The minimum absolute atomic E-state index is 0.608. The van der Waals surface area contributed by atoms with Gasteiger partial charge in [-0.15, -0.1) is 0 Å². The Labute approximate surface area is 107 Å². The number of methoxy groups -OCH3 is 1. The van der Waals surface area contributed by atoms with E-state index in [1.165, 1.54) is 5.56 Å². The summed E-state index contributed by atoms with van der Waals surface area (Å²) in [6.45, 7) is 2.84. The summed E-state index contributed by atoms with van der Waals surface area (Å²) in [7, 11) is 1.61. The van der Waals surface area contributed by atoms with Crippen molar-refractivity contribution in [3.8, 4) is 5.88 Å². The molecule has 94 valence electrons. The van der Waals surface area contributed by atoms with Gasteiger partial charge in [-0.25, -0.2) is 4.98 Å². The second-order valence-electron chi connectivity index (χ2n) is 3.90. The smallest absolute Gasteiger partial charge is 0.214 e. The third-order valence-electron chi connectivity index (χ3n) is 2.77. The van der Waals surface area contributed by atoms with E-state index in [0.717, 1.165) is 17.8 Å². The average Bonchev–Trinajstić information content (AvgIpc) is 2.45. The van der Waals surface area contributed by atoms with E-state index < -0.39 is 0 Å². The van der Waals surface area contributed by atoms with Crippen LogP contribution in [-0.2, 0) is 13.0 Å². The van der Waals surface area contributed by atoms with Gasteiger partial charge in [0, 0.05) is 24.1 Å². The largest absolute Gasteiger partial charge is 0.481 e. The van der Waals surface area contributed by atoms with Crippen molar-refractivity contribution < 1.29 is 4.74 Å². The topological polar surface area (TPSA) is 47.0 Å². The monoisotopic (exact) mass is 243 g/mol. The molecule has 0 aliphatic heterocycles. The summed E-state index contributed by atoms with van der Waals surface area (Å²) in [6.07, 6.45) is 4.54. The Morgan fingerprint density at radius 3 is 2.89 bits per heavy atom. The summed E-state index contributed by atoms with van der Waals surface area (Å²) in [5.74, 6) is 0.608. The van der Waals surface area contributed by atoms with Crippen LogP contribution in [-0.4, -0.2) is 17.1 Å². The van der Waals surface area contributed by atoms with Crippen LogP contribution in [0.3, 0.4) is 0 Å². The van der Waals surface area contributed by atoms with Gasteiger partial charge in [0.05, 0.1) is 19.3 Å². The number of nitrogens with zero attached hydrogens (tertiary/aromatic N) is 2. The van der Waals surface area contributed by atoms with Crippen molar-refractivity contribution in [2.24, 2.45) is 0 Å². The third-order valence-corrected chi connectivity index (χ3v) is 2.77. The summed E-state index contributed by atoms with van der Waals surface area (Å²) >= 11 is 0. The fraction of sp³-hybridized carbons (Fsp3) is 0.286. The van der Waals surface area contributed by atoms with Gasteiger partial charge in [-0.2, -0.15) is 0 Å². The molecule has 0 aromatic carbocycles. The quantitative estimate of drug-likeness (QED) is 0.877. The SMILES string of the molecule is CCc1cccnc1CNc1ccnc(OC)c1. The van der Waals surface area contributed by atoms with Crippen LogP contribution in [0.2, 0.25) is 0 Å². The van der Waals surface area contributed by atoms with E-state index >= 15 is 0 Å². The molecule has 4 nitrogen and oxygen atoms in total. The Bertz CT molecular complexity index is 514. The Balaban J connectivity index is 2.06. The average molecular weight is 243 g/mol. The minimum atomic E-state index is 0.608. The highest BCUT2D eigenvalue weighted by Crippen LogP contribution is 2.15. The summed E-state index contributed by atoms with van der Waals surface area (Å²) in [5, 5.41) is 3.33. The van der Waals surface area contributed by atoms with Crippen LogP contribution < -0.4 is 10.1 Å². The maximum absolute atomic E-state index is 5.09. The molecule has 2 aromatic rings. The molecule has 0 atom stereocenters. The van der Waals surface area contributed by atoms with Crippen LogP contribution in [0.5, 0.6) is 5.88 Å². The van der Waals surface area contributed by atoms with Crippen LogP contribution in [0.4, 0.5) is 5.69 Å². The maximum atomic E-state index is 5.09. The van der Waals surface area contributed by atoms with Crippen LogP contribution in [0.1, 0.15) is 18.2 Å². The summed E-state index contributed by atoms with van der Waals surface area (Å²) in [4.78, 5) is 8.47. The molecular weight excluding hydrogens is 226 g/mol. The summed E-state index contributed by atoms with van der Waals surface area (Å²) < 4.78 is 5.09. The molecule has 0 aliphatic carbocycles. The molecule has 0 radical (unpaired) electrons. The first-order chi connectivity index (χ1) is 8.83. The van der Waals surface area contributed by atoms with Gasteiger partial charge in [0.25, 0.3) is 0 Å². The van der Waals surface area contributed by atoms with Crippen molar-refractivity contribution in [3.63, 3.8) is 0 Å². The Morgan fingerprint density at radius 2 is 2.11 bits per heavy atom. The normalized spacial score (nSPS) is 10.1. The van der Waals surface area contributed by atoms with E-state index in [9.17, 15) is 0 Å². The third kappa shape index (κ3) is 2.97. The van der Waals surface area contributed by atoms with Crippen LogP contribution >= 0.6 is 0 Å². The number of ether oxygens (including phenoxy) is 1. The van der Waals surface area contributed by atoms with Gasteiger partial charge in [-0.1, -0.05) is 13.0 Å². The van der Waals surface area contributed by atoms with Gasteiger partial charge in [-0.05, 0) is 24.1 Å². The number of pyridine rings is 2. The first-order valence-corrected chi connectivity index (χ1v) is 6.00. The second-order valence-corrected chi connectivity index (χ2v) is 3.90. The molecule has 0 fully saturated rings. The standard InChI is InChI=1S/C14H17N3O/c1-3-11-5-4-7-15-13(11)10-17-12-6-8-16-14(9-12)18-2/h4-9H,3,10H2,1-2H3,(H,16,17). The lowest BCUT2D eigenvalue weighted by atomic mass is 10.1. The van der Waals surface area contributed by atoms with E-state index in [0.29, 0.717) is 12.4 Å². The summed E-state index contributed by atoms with van der Waals surface area (Å²) in [5.41, 5.74) is 3.33. The molecule has 4 heteroatoms. The number of hydrogen-bond donors (Lipinski definition) is 1. The highest BCUT2D eigenvalue weighted by atomic mass is 16.5. The molecule has 18 heavy (non-hydrogen) atoms. The van der Waals surface area contributed by atoms with E-state index in [4.69, 9.17) is 4.74 Å². The predicted molar refractivity (Wildman–Crippen MR) is 71.7 cm³/mol. The number of nitrogens with one attached hydrogen (secondary N) is 1. The van der Waals surface area contributed by atoms with Crippen LogP contribution in [0.25, 0.3) is 0 Å². The molecule has 2 aromatic heterocycles. The molecule has 0 saturated carbocycles. The van der Waals surface area contributed by atoms with Gasteiger partial charge >= 0.3 is 0 Å². The highest BCUT2D eigenvalue weighted by Gasteiger charge is 2.02. The van der Waals surface area contributed by atoms with Crippen LogP contribution in [0, 0.1) is 0 Å². The molecule has 2 rings (SSSR count). The molecule has 2 heterocycles. The highest BCUT2D eigenvalue weighted by molar-refractivity contribution is 5.45. The van der Waals surface area contributed by atoms with Gasteiger partial charge < -0.3 is 10.1 Å². The Morgan fingerprint density at radius 1 is 1.22 bits per heavy atom. The first kappa shape index (κ1) is 12.4. The van der Waals surface area contributed by atoms with Crippen molar-refractivity contribution in [1.82, 2.24) is 9.97 Å². The second kappa shape index (κ2) is 6.00. The van der Waals surface area contributed by atoms with Crippen molar-refractivity contribution in [2.75, 3.05) is 12.4 Å². The molecule has 0 saturated heterocycles. The lowest BCUT2D eigenvalue weighted by Gasteiger charge is -2.09. The Kier molecular flexibility index (Phi) is 4.12. The number of anilines is 1. The predicted octanol–water partition coefficient (Wildman–Crippen LogP) is 2.66. The van der Waals surface area contributed by atoms with E-state index in [-0.39, 0.29) is 0 Å². The zero-order valence-electron chi connectivity index (χ0n) is 10.7. The first-order valence-electron chi connectivity index (χ1n) is 6.00.